The van der Waals surface area contributed by atoms with Crippen molar-refractivity contribution in [2.45, 2.75) is 25.9 Å². The molecule has 1 aliphatic rings. The highest BCUT2D eigenvalue weighted by molar-refractivity contribution is 7.92. The molecule has 1 heterocycles. The number of carbonyl (C=O) groups is 1. The Bertz CT molecular complexity index is 972. The highest BCUT2D eigenvalue weighted by Crippen LogP contribution is 2.29. The molecule has 1 amide bonds. The van der Waals surface area contributed by atoms with Crippen LogP contribution >= 0.6 is 0 Å². The minimum atomic E-state index is -3.67. The third-order valence-corrected chi connectivity index (χ3v) is 6.35. The summed E-state index contributed by atoms with van der Waals surface area (Å²) in [7, 11) is -2.20. The summed E-state index contributed by atoms with van der Waals surface area (Å²) < 4.78 is 31.0. The summed E-state index contributed by atoms with van der Waals surface area (Å²) in [5, 5.41) is 2.87. The van der Waals surface area contributed by atoms with Gasteiger partial charge in [-0.3, -0.25) is 14.0 Å². The first-order valence-corrected chi connectivity index (χ1v) is 11.9. The van der Waals surface area contributed by atoms with Crippen LogP contribution in [0.5, 0.6) is 5.75 Å². The van der Waals surface area contributed by atoms with E-state index in [2.05, 4.69) is 16.3 Å². The highest BCUT2D eigenvalue weighted by Gasteiger charge is 2.23. The van der Waals surface area contributed by atoms with Crippen LogP contribution in [-0.2, 0) is 27.9 Å². The van der Waals surface area contributed by atoms with E-state index in [4.69, 9.17) is 4.74 Å². The molecule has 2 aromatic carbocycles. The van der Waals surface area contributed by atoms with Crippen molar-refractivity contribution in [2.24, 2.45) is 0 Å². The van der Waals surface area contributed by atoms with Crippen LogP contribution in [0.4, 0.5) is 5.69 Å². The normalized spacial score (nSPS) is 14.5. The van der Waals surface area contributed by atoms with Crippen molar-refractivity contribution in [3.05, 3.63) is 59.7 Å². The Balaban J connectivity index is 1.68. The summed E-state index contributed by atoms with van der Waals surface area (Å²) in [5.41, 5.74) is 2.57. The summed E-state index contributed by atoms with van der Waals surface area (Å²) in [6.07, 6.45) is 3.53. The third-order valence-electron chi connectivity index (χ3n) is 5.23. The molecular formula is C22H29N3O4S. The lowest BCUT2D eigenvalue weighted by atomic mass is 10.1. The molecule has 2 aromatic rings. The van der Waals surface area contributed by atoms with Crippen molar-refractivity contribution in [1.29, 1.82) is 0 Å². The smallest absolute Gasteiger partial charge is 0.241 e. The van der Waals surface area contributed by atoms with Crippen LogP contribution in [0.15, 0.2) is 48.5 Å². The third kappa shape index (κ3) is 5.73. The Kier molecular flexibility index (Phi) is 7.33. The minimum Gasteiger partial charge on any atom is -0.495 e. The average Bonchev–Trinajstić information content (AvgIpc) is 3.23. The van der Waals surface area contributed by atoms with E-state index < -0.39 is 10.0 Å². The quantitative estimate of drug-likeness (QED) is 0.660. The molecule has 0 atom stereocenters. The average molecular weight is 432 g/mol. The molecule has 8 heteroatoms. The summed E-state index contributed by atoms with van der Waals surface area (Å²) in [6.45, 7) is 3.11. The van der Waals surface area contributed by atoms with Crippen molar-refractivity contribution in [1.82, 2.24) is 10.2 Å². The number of carbonyl (C=O) groups excluding carboxylic acids is 1. The Hall–Kier alpha value is -2.58. The molecule has 1 aliphatic heterocycles. The highest BCUT2D eigenvalue weighted by atomic mass is 32.2. The molecular weight excluding hydrogens is 402 g/mol. The first-order chi connectivity index (χ1) is 14.4. The predicted octanol–water partition coefficient (Wildman–Crippen LogP) is 2.37. The van der Waals surface area contributed by atoms with Gasteiger partial charge in [0, 0.05) is 13.1 Å². The number of likely N-dealkylation sites (tertiary alicyclic amines) is 1. The van der Waals surface area contributed by atoms with Crippen molar-refractivity contribution < 1.29 is 17.9 Å². The Morgan fingerprint density at radius 1 is 1.07 bits per heavy atom. The zero-order valence-electron chi connectivity index (χ0n) is 17.5. The van der Waals surface area contributed by atoms with Gasteiger partial charge in [0.05, 0.1) is 19.1 Å². The number of para-hydroxylation sites is 2. The number of ether oxygens (including phenoxy) is 1. The molecule has 3 rings (SSSR count). The fraction of sp³-hybridized carbons (Fsp3) is 0.409. The summed E-state index contributed by atoms with van der Waals surface area (Å²) in [5.74, 6) is 0.0222. The number of methoxy groups -OCH3 is 1. The van der Waals surface area contributed by atoms with Gasteiger partial charge in [0.25, 0.3) is 0 Å². The minimum absolute atomic E-state index is 0.312. The van der Waals surface area contributed by atoms with Crippen LogP contribution in [0.2, 0.25) is 0 Å². The van der Waals surface area contributed by atoms with Gasteiger partial charge in [-0.1, -0.05) is 36.4 Å². The first-order valence-electron chi connectivity index (χ1n) is 10.0. The van der Waals surface area contributed by atoms with Gasteiger partial charge in [-0.15, -0.1) is 0 Å². The molecule has 0 bridgehead atoms. The lowest BCUT2D eigenvalue weighted by Crippen LogP contribution is -2.40. The molecule has 0 aliphatic carbocycles. The van der Waals surface area contributed by atoms with Gasteiger partial charge in [-0.2, -0.15) is 0 Å². The number of hydrogen-bond donors (Lipinski definition) is 1. The lowest BCUT2D eigenvalue weighted by molar-refractivity contribution is -0.119. The van der Waals surface area contributed by atoms with Gasteiger partial charge in [0.1, 0.15) is 12.3 Å². The molecule has 1 fully saturated rings. The number of nitrogens with one attached hydrogen (secondary N) is 1. The van der Waals surface area contributed by atoms with Gasteiger partial charge < -0.3 is 10.1 Å². The molecule has 162 valence electrons. The summed E-state index contributed by atoms with van der Waals surface area (Å²) in [4.78, 5) is 15.0. The van der Waals surface area contributed by atoms with E-state index in [-0.39, 0.29) is 12.5 Å². The van der Waals surface area contributed by atoms with E-state index in [1.807, 2.05) is 18.2 Å². The van der Waals surface area contributed by atoms with Crippen LogP contribution in [0.3, 0.4) is 0 Å². The monoisotopic (exact) mass is 431 g/mol. The maximum atomic E-state index is 12.6. The topological polar surface area (TPSA) is 79.0 Å². The maximum Gasteiger partial charge on any atom is 0.241 e. The number of anilines is 1. The zero-order chi connectivity index (χ0) is 21.6. The number of amides is 1. The molecule has 0 radical (unpaired) electrons. The molecule has 0 aromatic heterocycles. The number of nitrogens with zero attached hydrogens (tertiary/aromatic N) is 2. The molecule has 0 unspecified atom stereocenters. The van der Waals surface area contributed by atoms with Crippen molar-refractivity contribution in [3.8, 4) is 5.75 Å². The SMILES string of the molecule is COc1ccccc1N(CC(=O)NCc1ccccc1CN1CCCC1)S(C)(=O)=O. The Morgan fingerprint density at radius 2 is 1.70 bits per heavy atom. The molecule has 0 saturated carbocycles. The van der Waals surface area contributed by atoms with Gasteiger partial charge >= 0.3 is 0 Å². The second kappa shape index (κ2) is 9.95. The molecule has 30 heavy (non-hydrogen) atoms. The van der Waals surface area contributed by atoms with E-state index in [1.165, 1.54) is 25.5 Å². The lowest BCUT2D eigenvalue weighted by Gasteiger charge is -2.24. The van der Waals surface area contributed by atoms with E-state index in [0.717, 1.165) is 35.8 Å². The summed E-state index contributed by atoms with van der Waals surface area (Å²) in [6, 6.07) is 14.8. The van der Waals surface area contributed by atoms with Crippen LogP contribution in [0.1, 0.15) is 24.0 Å². The molecule has 1 saturated heterocycles. The second-order valence-electron chi connectivity index (χ2n) is 7.47. The number of benzene rings is 2. The standard InChI is InChI=1S/C22H29N3O4S/c1-29-21-12-6-5-11-20(21)25(30(2,27)28)17-22(26)23-15-18-9-3-4-10-19(18)16-24-13-7-8-14-24/h3-6,9-12H,7-8,13-17H2,1-2H3,(H,23,26). The number of hydrogen-bond acceptors (Lipinski definition) is 5. The van der Waals surface area contributed by atoms with E-state index in [1.54, 1.807) is 24.3 Å². The van der Waals surface area contributed by atoms with Gasteiger partial charge in [0.15, 0.2) is 0 Å². The maximum absolute atomic E-state index is 12.6. The van der Waals surface area contributed by atoms with Gasteiger partial charge in [0.2, 0.25) is 15.9 Å². The van der Waals surface area contributed by atoms with Crippen molar-refractivity contribution in [3.63, 3.8) is 0 Å². The van der Waals surface area contributed by atoms with Crippen LogP contribution in [-0.4, -0.2) is 52.2 Å². The Morgan fingerprint density at radius 3 is 2.37 bits per heavy atom. The van der Waals surface area contributed by atoms with E-state index in [9.17, 15) is 13.2 Å². The van der Waals surface area contributed by atoms with Crippen molar-refractivity contribution >= 4 is 21.6 Å². The fourth-order valence-electron chi connectivity index (χ4n) is 3.66. The molecule has 0 spiro atoms. The van der Waals surface area contributed by atoms with Crippen LogP contribution in [0, 0.1) is 0 Å². The number of sulfonamides is 1. The zero-order valence-corrected chi connectivity index (χ0v) is 18.3. The summed E-state index contributed by atoms with van der Waals surface area (Å²) >= 11 is 0. The molecule has 7 nitrogen and oxygen atoms in total. The second-order valence-corrected chi connectivity index (χ2v) is 9.38. The predicted molar refractivity (Wildman–Crippen MR) is 118 cm³/mol. The number of rotatable bonds is 9. The van der Waals surface area contributed by atoms with E-state index in [0.29, 0.717) is 18.0 Å². The van der Waals surface area contributed by atoms with Gasteiger partial charge in [-0.25, -0.2) is 8.42 Å². The molecule has 1 N–H and O–H groups in total. The Labute approximate surface area is 178 Å². The largest absolute Gasteiger partial charge is 0.495 e. The van der Waals surface area contributed by atoms with Crippen LogP contribution in [0.25, 0.3) is 0 Å². The fourth-order valence-corrected chi connectivity index (χ4v) is 4.52. The van der Waals surface area contributed by atoms with Crippen molar-refractivity contribution in [2.75, 3.05) is 37.3 Å². The van der Waals surface area contributed by atoms with E-state index >= 15 is 0 Å². The van der Waals surface area contributed by atoms with Crippen LogP contribution < -0.4 is 14.4 Å². The van der Waals surface area contributed by atoms with Gasteiger partial charge in [-0.05, 0) is 49.2 Å². The first kappa shape index (κ1) is 22.1.